The van der Waals surface area contributed by atoms with E-state index in [-0.39, 0.29) is 5.97 Å². The molecule has 0 bridgehead atoms. The van der Waals surface area contributed by atoms with Gasteiger partial charge >= 0.3 is 5.97 Å². The Morgan fingerprint density at radius 1 is 0.694 bits per heavy atom. The van der Waals surface area contributed by atoms with Crippen LogP contribution in [0, 0.1) is 6.92 Å². The quantitative estimate of drug-likeness (QED) is 0.202. The molecule has 0 aliphatic carbocycles. The van der Waals surface area contributed by atoms with Gasteiger partial charge in [-0.2, -0.15) is 0 Å². The lowest BCUT2D eigenvalue weighted by molar-refractivity contribution is 0.0601. The smallest absolute Gasteiger partial charge is 0.338 e. The molecule has 1 aliphatic heterocycles. The highest BCUT2D eigenvalue weighted by Gasteiger charge is 2.41. The first-order chi connectivity index (χ1) is 17.4. The molecule has 0 saturated carbocycles. The molecule has 36 heavy (non-hydrogen) atoms. The van der Waals surface area contributed by atoms with Gasteiger partial charge in [0, 0.05) is 0 Å². The third-order valence-electron chi connectivity index (χ3n) is 7.74. The van der Waals surface area contributed by atoms with E-state index in [1.165, 1.54) is 39.4 Å². The van der Waals surface area contributed by atoms with Crippen LogP contribution in [0.15, 0.2) is 97.1 Å². The van der Waals surface area contributed by atoms with Gasteiger partial charge in [-0.05, 0) is 67.0 Å². The van der Waals surface area contributed by atoms with Crippen LogP contribution < -0.4 is 10.4 Å². The lowest BCUT2D eigenvalue weighted by Gasteiger charge is -2.38. The molecule has 0 spiro atoms. The van der Waals surface area contributed by atoms with Crippen molar-refractivity contribution in [3.63, 3.8) is 0 Å². The number of hydrogen-bond acceptors (Lipinski definition) is 2. The number of esters is 1. The van der Waals surface area contributed by atoms with Crippen LogP contribution in [-0.4, -0.2) is 21.2 Å². The fourth-order valence-electron chi connectivity index (χ4n) is 6.19. The van der Waals surface area contributed by atoms with Gasteiger partial charge in [-0.25, -0.2) is 4.79 Å². The highest BCUT2D eigenvalue weighted by molar-refractivity contribution is 7.04. The van der Waals surface area contributed by atoms with Crippen LogP contribution in [0.3, 0.4) is 0 Å². The van der Waals surface area contributed by atoms with E-state index in [4.69, 9.17) is 4.74 Å². The zero-order chi connectivity index (χ0) is 25.0. The van der Waals surface area contributed by atoms with Crippen LogP contribution in [0.25, 0.3) is 44.2 Å². The molecule has 3 heteroatoms. The number of rotatable bonds is 3. The lowest BCUT2D eigenvalue weighted by Crippen LogP contribution is -2.57. The summed E-state index contributed by atoms with van der Waals surface area (Å²) in [6.07, 6.45) is 0. The minimum Gasteiger partial charge on any atom is -0.465 e. The average molecular weight is 485 g/mol. The molecule has 0 amide bonds. The summed E-state index contributed by atoms with van der Waals surface area (Å²) < 4.78 is 5.43. The summed E-state index contributed by atoms with van der Waals surface area (Å²) in [5.41, 5.74) is 8.50. The second-order valence-electron chi connectivity index (χ2n) is 10.1. The molecular weight excluding hydrogens is 456 g/mol. The topological polar surface area (TPSA) is 26.3 Å². The third kappa shape index (κ3) is 3.13. The monoisotopic (exact) mass is 484 g/mol. The predicted octanol–water partition coefficient (Wildman–Crippen LogP) is 7.07. The molecule has 0 aromatic heterocycles. The number of benzene rings is 5. The molecule has 0 unspecified atom stereocenters. The molecule has 0 saturated heterocycles. The first-order valence-electron chi connectivity index (χ1n) is 12.4. The van der Waals surface area contributed by atoms with E-state index >= 15 is 0 Å². The van der Waals surface area contributed by atoms with Crippen molar-refractivity contribution in [2.45, 2.75) is 20.0 Å². The van der Waals surface area contributed by atoms with Gasteiger partial charge in [0.05, 0.1) is 12.7 Å². The molecule has 5 aromatic rings. The second kappa shape index (κ2) is 8.32. The van der Waals surface area contributed by atoms with Crippen molar-refractivity contribution < 1.29 is 9.53 Å². The van der Waals surface area contributed by atoms with Crippen LogP contribution in [0.4, 0.5) is 0 Å². The maximum absolute atomic E-state index is 13.5. The number of carbonyl (C=O) groups excluding carboxylic acids is 1. The minimum atomic E-state index is -2.27. The van der Waals surface area contributed by atoms with E-state index in [1.807, 2.05) is 12.1 Å². The van der Waals surface area contributed by atoms with E-state index in [0.717, 1.165) is 27.8 Å². The molecule has 2 nitrogen and oxygen atoms in total. The lowest BCUT2D eigenvalue weighted by atomic mass is 9.82. The average Bonchev–Trinajstić information content (AvgIpc) is 2.91. The van der Waals surface area contributed by atoms with Gasteiger partial charge < -0.3 is 4.74 Å². The van der Waals surface area contributed by atoms with Gasteiger partial charge in [-0.15, -0.1) is 0 Å². The Hall–Kier alpha value is -3.95. The highest BCUT2D eigenvalue weighted by Crippen LogP contribution is 2.45. The number of hydrogen-bond donors (Lipinski definition) is 0. The van der Waals surface area contributed by atoms with E-state index in [2.05, 4.69) is 105 Å². The van der Waals surface area contributed by atoms with E-state index < -0.39 is 8.07 Å². The number of fused-ring (bicyclic) bond motifs is 2. The van der Waals surface area contributed by atoms with Crippen LogP contribution in [0.5, 0.6) is 0 Å². The van der Waals surface area contributed by atoms with Gasteiger partial charge in [-0.3, -0.25) is 0 Å². The number of ether oxygens (including phenoxy) is 1. The number of carbonyl (C=O) groups is 1. The molecule has 1 heterocycles. The Labute approximate surface area is 213 Å². The molecule has 176 valence electrons. The Bertz CT molecular complexity index is 1650. The summed E-state index contributed by atoms with van der Waals surface area (Å²) >= 11 is 0. The van der Waals surface area contributed by atoms with E-state index in [1.54, 1.807) is 0 Å². The first-order valence-corrected chi connectivity index (χ1v) is 15.4. The second-order valence-corrected chi connectivity index (χ2v) is 14.3. The maximum atomic E-state index is 13.5. The van der Waals surface area contributed by atoms with Gasteiger partial charge in [0.15, 0.2) is 0 Å². The highest BCUT2D eigenvalue weighted by atomic mass is 28.3. The SMILES string of the molecule is COC(=O)c1c(C)c(-c2ccccc2)c2c(c1-c1ccccc1)[Si](C)(C)c1cccc3cccc-2c13. The Morgan fingerprint density at radius 3 is 1.89 bits per heavy atom. The molecular formula is C33H28O2Si. The Morgan fingerprint density at radius 2 is 1.28 bits per heavy atom. The minimum absolute atomic E-state index is 0.284. The van der Waals surface area contributed by atoms with E-state index in [0.29, 0.717) is 5.56 Å². The summed E-state index contributed by atoms with van der Waals surface area (Å²) in [5, 5.41) is 5.35. The maximum Gasteiger partial charge on any atom is 0.338 e. The van der Waals surface area contributed by atoms with Gasteiger partial charge in [0.25, 0.3) is 0 Å². The third-order valence-corrected chi connectivity index (χ3v) is 11.3. The first kappa shape index (κ1) is 22.5. The van der Waals surface area contributed by atoms with Crippen molar-refractivity contribution in [1.82, 2.24) is 0 Å². The summed E-state index contributed by atoms with van der Waals surface area (Å²) in [6, 6.07) is 34.2. The summed E-state index contributed by atoms with van der Waals surface area (Å²) in [6.45, 7) is 6.93. The molecule has 1 aliphatic rings. The Kier molecular flexibility index (Phi) is 5.20. The summed E-state index contributed by atoms with van der Waals surface area (Å²) in [5.74, 6) is -0.284. The van der Waals surface area contributed by atoms with Crippen molar-refractivity contribution in [1.29, 1.82) is 0 Å². The van der Waals surface area contributed by atoms with Crippen LogP contribution in [-0.2, 0) is 4.74 Å². The Balaban J connectivity index is 1.92. The molecule has 5 aromatic carbocycles. The van der Waals surface area contributed by atoms with E-state index in [9.17, 15) is 4.79 Å². The van der Waals surface area contributed by atoms with Gasteiger partial charge in [0.2, 0.25) is 0 Å². The standard InChI is InChI=1S/C33H28O2Si/c1-21-27(22-13-7-5-8-14-22)31-25-19-11-17-23-18-12-20-26(29(23)25)36(3,4)32(31)30(28(21)33(34)35-2)24-15-9-6-10-16-24/h5-20H,1-4H3. The normalized spacial score (nSPS) is 13.3. The molecule has 0 atom stereocenters. The largest absolute Gasteiger partial charge is 0.465 e. The van der Waals surface area contributed by atoms with Crippen molar-refractivity contribution in [3.05, 3.63) is 108 Å². The van der Waals surface area contributed by atoms with Crippen molar-refractivity contribution in [2.75, 3.05) is 7.11 Å². The van der Waals surface area contributed by atoms with Gasteiger partial charge in [0.1, 0.15) is 8.07 Å². The molecule has 0 fully saturated rings. The summed E-state index contributed by atoms with van der Waals surface area (Å²) in [4.78, 5) is 13.5. The van der Waals surface area contributed by atoms with Crippen molar-refractivity contribution in [3.8, 4) is 33.4 Å². The van der Waals surface area contributed by atoms with Crippen LogP contribution in [0.2, 0.25) is 13.1 Å². The zero-order valence-electron chi connectivity index (χ0n) is 21.1. The van der Waals surface area contributed by atoms with Gasteiger partial charge in [-0.1, -0.05) is 110 Å². The summed E-state index contributed by atoms with van der Waals surface area (Å²) in [7, 11) is -0.791. The molecule has 0 radical (unpaired) electrons. The fourth-order valence-corrected chi connectivity index (χ4v) is 9.66. The van der Waals surface area contributed by atoms with Crippen LogP contribution in [0.1, 0.15) is 15.9 Å². The predicted molar refractivity (Wildman–Crippen MR) is 153 cm³/mol. The molecule has 0 N–H and O–H groups in total. The van der Waals surface area contributed by atoms with Crippen molar-refractivity contribution in [2.24, 2.45) is 0 Å². The zero-order valence-corrected chi connectivity index (χ0v) is 22.1. The fraction of sp³-hybridized carbons (Fsp3) is 0.121. The number of methoxy groups -OCH3 is 1. The van der Waals surface area contributed by atoms with Crippen LogP contribution >= 0.6 is 0 Å². The molecule has 6 rings (SSSR count). The van der Waals surface area contributed by atoms with Crippen molar-refractivity contribution >= 4 is 35.2 Å².